The number of anilines is 1. The average molecular weight is 251 g/mol. The number of nitro groups is 2. The van der Waals surface area contributed by atoms with Crippen molar-refractivity contribution >= 4 is 17.1 Å². The quantitative estimate of drug-likeness (QED) is 0.467. The van der Waals surface area contributed by atoms with Crippen LogP contribution in [0.2, 0.25) is 0 Å². The maximum absolute atomic E-state index is 13.3. The zero-order valence-corrected chi connectivity index (χ0v) is 8.19. The fraction of sp³-hybridized carbons (Fsp3) is 0.143. The topological polar surface area (TPSA) is 89.5 Å². The minimum absolute atomic E-state index is 0.464. The molecule has 0 saturated carbocycles. The lowest BCUT2D eigenvalue weighted by molar-refractivity contribution is -0.395. The van der Waals surface area contributed by atoms with Crippen molar-refractivity contribution in [3.63, 3.8) is 0 Å². The van der Waals surface area contributed by atoms with E-state index in [9.17, 15) is 33.6 Å². The lowest BCUT2D eigenvalue weighted by Gasteiger charge is -2.06. The van der Waals surface area contributed by atoms with E-state index < -0.39 is 43.6 Å². The second-order valence-corrected chi connectivity index (χ2v) is 2.97. The average Bonchev–Trinajstić information content (AvgIpc) is 2.19. The van der Waals surface area contributed by atoms with E-state index in [4.69, 9.17) is 0 Å². The van der Waals surface area contributed by atoms with Gasteiger partial charge in [0.1, 0.15) is 0 Å². The summed E-state index contributed by atoms with van der Waals surface area (Å²) in [6, 6.07) is 0.504. The van der Waals surface area contributed by atoms with Crippen molar-refractivity contribution in [3.8, 4) is 0 Å². The van der Waals surface area contributed by atoms with E-state index in [1.165, 1.54) is 0 Å². The molecule has 0 fully saturated rings. The Morgan fingerprint density at radius 3 is 2.12 bits per heavy atom. The van der Waals surface area contributed by atoms with Gasteiger partial charge in [-0.1, -0.05) is 8.96 Å². The standard InChI is InChI=1S/C7H4F3N3O4/c1-3-2-4(12(14)15)6(11(9)10)7(5(3)8)13(16)17/h2H,1H3. The Morgan fingerprint density at radius 1 is 1.24 bits per heavy atom. The fourth-order valence-corrected chi connectivity index (χ4v) is 1.22. The predicted molar refractivity (Wildman–Crippen MR) is 49.1 cm³/mol. The second-order valence-electron chi connectivity index (χ2n) is 2.97. The van der Waals surface area contributed by atoms with E-state index in [1.54, 1.807) is 0 Å². The number of nitrogens with zero attached hydrogens (tertiary/aromatic N) is 3. The molecular weight excluding hydrogens is 247 g/mol. The summed E-state index contributed by atoms with van der Waals surface area (Å²) in [4.78, 5) is 18.2. The van der Waals surface area contributed by atoms with Gasteiger partial charge in [0, 0.05) is 6.07 Å². The van der Waals surface area contributed by atoms with Crippen LogP contribution in [0.1, 0.15) is 5.56 Å². The molecule has 92 valence electrons. The Labute approximate surface area is 91.2 Å². The lowest BCUT2D eigenvalue weighted by Crippen LogP contribution is -2.08. The molecule has 0 radical (unpaired) electrons. The van der Waals surface area contributed by atoms with E-state index in [-0.39, 0.29) is 0 Å². The van der Waals surface area contributed by atoms with Gasteiger partial charge in [-0.25, -0.2) is 0 Å². The zero-order chi connectivity index (χ0) is 13.3. The normalized spacial score (nSPS) is 10.1. The second kappa shape index (κ2) is 4.23. The predicted octanol–water partition coefficient (Wildman–Crippen LogP) is 2.53. The van der Waals surface area contributed by atoms with Gasteiger partial charge in [0.2, 0.25) is 5.82 Å². The van der Waals surface area contributed by atoms with Gasteiger partial charge in [-0.3, -0.25) is 20.2 Å². The first-order valence-electron chi connectivity index (χ1n) is 4.01. The van der Waals surface area contributed by atoms with Crippen LogP contribution in [0.15, 0.2) is 6.07 Å². The number of rotatable bonds is 3. The van der Waals surface area contributed by atoms with E-state index in [0.717, 1.165) is 6.92 Å². The number of halogens is 3. The molecule has 0 N–H and O–H groups in total. The molecular formula is C7H4F3N3O4. The summed E-state index contributed by atoms with van der Waals surface area (Å²) in [5, 5.41) is 19.1. The van der Waals surface area contributed by atoms with Crippen LogP contribution in [0.4, 0.5) is 30.4 Å². The minimum atomic E-state index is -1.85. The van der Waals surface area contributed by atoms with Gasteiger partial charge in [-0.05, 0) is 17.8 Å². The van der Waals surface area contributed by atoms with Crippen molar-refractivity contribution in [2.75, 3.05) is 5.34 Å². The third-order valence-electron chi connectivity index (χ3n) is 1.92. The molecule has 0 saturated heterocycles. The maximum atomic E-state index is 13.3. The third kappa shape index (κ3) is 2.09. The van der Waals surface area contributed by atoms with E-state index in [0.29, 0.717) is 6.07 Å². The number of benzene rings is 1. The molecule has 1 aromatic carbocycles. The summed E-state index contributed by atoms with van der Waals surface area (Å²) in [6.45, 7) is 1.000. The van der Waals surface area contributed by atoms with Crippen molar-refractivity contribution in [1.29, 1.82) is 0 Å². The van der Waals surface area contributed by atoms with E-state index in [1.807, 2.05) is 0 Å². The van der Waals surface area contributed by atoms with Gasteiger partial charge >= 0.3 is 11.4 Å². The summed E-state index contributed by atoms with van der Waals surface area (Å²) < 4.78 is 38.0. The Balaban J connectivity index is 3.76. The smallest absolute Gasteiger partial charge is 0.258 e. The molecule has 0 heterocycles. The number of hydrogen-bond donors (Lipinski definition) is 0. The van der Waals surface area contributed by atoms with Crippen molar-refractivity contribution in [1.82, 2.24) is 0 Å². The monoisotopic (exact) mass is 251 g/mol. The first-order chi connectivity index (χ1) is 7.77. The largest absolute Gasteiger partial charge is 0.340 e. The molecule has 7 nitrogen and oxygen atoms in total. The van der Waals surface area contributed by atoms with Crippen LogP contribution < -0.4 is 5.34 Å². The van der Waals surface area contributed by atoms with Crippen LogP contribution in [0, 0.1) is 33.0 Å². The van der Waals surface area contributed by atoms with Crippen LogP contribution in [0.3, 0.4) is 0 Å². The summed E-state index contributed by atoms with van der Waals surface area (Å²) >= 11 is 0. The van der Waals surface area contributed by atoms with Crippen molar-refractivity contribution < 1.29 is 23.2 Å². The molecule has 1 aromatic rings. The highest BCUT2D eigenvalue weighted by molar-refractivity contribution is 5.74. The van der Waals surface area contributed by atoms with E-state index in [2.05, 4.69) is 0 Å². The first kappa shape index (κ1) is 12.7. The molecule has 0 spiro atoms. The summed E-state index contributed by atoms with van der Waals surface area (Å²) in [7, 11) is 0. The van der Waals surface area contributed by atoms with Crippen molar-refractivity contribution in [2.24, 2.45) is 0 Å². The Kier molecular flexibility index (Phi) is 3.16. The first-order valence-corrected chi connectivity index (χ1v) is 4.01. The third-order valence-corrected chi connectivity index (χ3v) is 1.92. The van der Waals surface area contributed by atoms with Crippen LogP contribution in [-0.2, 0) is 0 Å². The number of aryl methyl sites for hydroxylation is 1. The number of nitro benzene ring substituents is 2. The Morgan fingerprint density at radius 2 is 1.76 bits per heavy atom. The molecule has 0 atom stereocenters. The highest BCUT2D eigenvalue weighted by Gasteiger charge is 2.36. The van der Waals surface area contributed by atoms with Crippen LogP contribution in [0.25, 0.3) is 0 Å². The zero-order valence-electron chi connectivity index (χ0n) is 8.19. The van der Waals surface area contributed by atoms with Gasteiger partial charge in [-0.15, -0.1) is 0 Å². The van der Waals surface area contributed by atoms with Crippen LogP contribution in [-0.4, -0.2) is 9.85 Å². The summed E-state index contributed by atoms with van der Waals surface area (Å²) in [5.74, 6) is -1.53. The molecule has 17 heavy (non-hydrogen) atoms. The Bertz CT molecular complexity index is 506. The molecule has 0 bridgehead atoms. The SMILES string of the molecule is Cc1cc([N+](=O)[O-])c(N(F)F)c([N+](=O)[O-])c1F. The van der Waals surface area contributed by atoms with Crippen molar-refractivity contribution in [3.05, 3.63) is 37.7 Å². The minimum Gasteiger partial charge on any atom is -0.258 e. The summed E-state index contributed by atoms with van der Waals surface area (Å²) in [5.41, 5.74) is -5.00. The molecule has 0 aliphatic rings. The van der Waals surface area contributed by atoms with Crippen molar-refractivity contribution in [2.45, 2.75) is 6.92 Å². The molecule has 0 aliphatic carbocycles. The van der Waals surface area contributed by atoms with Gasteiger partial charge in [-0.2, -0.15) is 4.39 Å². The molecule has 0 amide bonds. The molecule has 0 aromatic heterocycles. The highest BCUT2D eigenvalue weighted by atomic mass is 19.4. The number of hydrogen-bond acceptors (Lipinski definition) is 5. The van der Waals surface area contributed by atoms with Crippen LogP contribution in [0.5, 0.6) is 0 Å². The highest BCUT2D eigenvalue weighted by Crippen LogP contribution is 2.41. The van der Waals surface area contributed by atoms with Gasteiger partial charge < -0.3 is 0 Å². The molecule has 0 unspecified atom stereocenters. The molecule has 10 heteroatoms. The van der Waals surface area contributed by atoms with Crippen LogP contribution >= 0.6 is 0 Å². The van der Waals surface area contributed by atoms with Gasteiger partial charge in [0.25, 0.3) is 5.69 Å². The lowest BCUT2D eigenvalue weighted by atomic mass is 10.1. The molecule has 0 aliphatic heterocycles. The summed E-state index contributed by atoms with van der Waals surface area (Å²) in [6.07, 6.45) is 0. The molecule has 1 rings (SSSR count). The maximum Gasteiger partial charge on any atom is 0.340 e. The van der Waals surface area contributed by atoms with Gasteiger partial charge in [0.15, 0.2) is 0 Å². The fourth-order valence-electron chi connectivity index (χ4n) is 1.22. The Hall–Kier alpha value is -2.39. The van der Waals surface area contributed by atoms with E-state index >= 15 is 0 Å². The van der Waals surface area contributed by atoms with Gasteiger partial charge in [0.05, 0.1) is 9.85 Å².